The van der Waals surface area contributed by atoms with Crippen molar-refractivity contribution in [2.75, 3.05) is 0 Å². The van der Waals surface area contributed by atoms with Crippen LogP contribution in [0.1, 0.15) is 50.2 Å². The van der Waals surface area contributed by atoms with Gasteiger partial charge in [0.15, 0.2) is 0 Å². The molecule has 2 rings (SSSR count). The van der Waals surface area contributed by atoms with Gasteiger partial charge < -0.3 is 9.84 Å². The summed E-state index contributed by atoms with van der Waals surface area (Å²) in [6, 6.07) is 14.8. The van der Waals surface area contributed by atoms with Gasteiger partial charge in [0.1, 0.15) is 6.08 Å². The molecule has 2 atom stereocenters. The highest BCUT2D eigenvalue weighted by Gasteiger charge is 2.14. The second kappa shape index (κ2) is 6.35. The van der Waals surface area contributed by atoms with Crippen molar-refractivity contribution in [2.24, 2.45) is 0 Å². The van der Waals surface area contributed by atoms with Crippen molar-refractivity contribution < 1.29 is 17.4 Å². The first-order valence-corrected chi connectivity index (χ1v) is 6.32. The normalized spacial score (nSPS) is 18.1. The second-order valence-corrected chi connectivity index (χ2v) is 4.48. The highest BCUT2D eigenvalue weighted by Crippen LogP contribution is 2.22. The van der Waals surface area contributed by atoms with Crippen molar-refractivity contribution in [3.8, 4) is 0 Å². The predicted octanol–water partition coefficient (Wildman–Crippen LogP) is 3.66. The molecule has 0 unspecified atom stereocenters. The summed E-state index contributed by atoms with van der Waals surface area (Å²) in [4.78, 5) is 12.1. The molecule has 104 valence electrons. The minimum absolute atomic E-state index is 0.333. The smallest absolute Gasteiger partial charge is 0.338 e. The Balaban J connectivity index is 2.25. The van der Waals surface area contributed by atoms with E-state index in [1.165, 1.54) is 19.9 Å². The van der Waals surface area contributed by atoms with Crippen molar-refractivity contribution in [3.63, 3.8) is 0 Å². The maximum Gasteiger partial charge on any atom is 0.338 e. The summed E-state index contributed by atoms with van der Waals surface area (Å²) >= 11 is 0. The van der Waals surface area contributed by atoms with E-state index in [1.807, 2.05) is 0 Å². The Morgan fingerprint density at radius 3 is 2.40 bits per heavy atom. The van der Waals surface area contributed by atoms with Gasteiger partial charge in [-0.15, -0.1) is 0 Å². The van der Waals surface area contributed by atoms with Gasteiger partial charge in [-0.1, -0.05) is 36.4 Å². The van der Waals surface area contributed by atoms with E-state index in [-0.39, 0.29) is 0 Å². The topological polar surface area (TPSA) is 46.5 Å². The van der Waals surface area contributed by atoms with Crippen LogP contribution in [0.2, 0.25) is 0 Å². The van der Waals surface area contributed by atoms with Crippen LogP contribution in [0.5, 0.6) is 0 Å². The molecule has 0 radical (unpaired) electrons. The largest absolute Gasteiger partial charge is 0.454 e. The van der Waals surface area contributed by atoms with E-state index in [1.54, 1.807) is 48.5 Å². The fraction of sp³-hybridized carbons (Fsp3) is 0.235. The van der Waals surface area contributed by atoms with E-state index in [0.717, 1.165) is 0 Å². The van der Waals surface area contributed by atoms with Crippen molar-refractivity contribution >= 4 is 5.97 Å². The Bertz CT molecular complexity index is 661. The van der Waals surface area contributed by atoms with Gasteiger partial charge in [-0.25, -0.2) is 4.79 Å². The molecule has 0 aliphatic rings. The van der Waals surface area contributed by atoms with Gasteiger partial charge in [-0.3, -0.25) is 0 Å². The summed E-state index contributed by atoms with van der Waals surface area (Å²) in [5, 5.41) is 9.74. The van der Waals surface area contributed by atoms with Crippen LogP contribution in [0.4, 0.5) is 0 Å². The third-order valence-corrected chi connectivity index (χ3v) is 2.94. The average molecular weight is 272 g/mol. The van der Waals surface area contributed by atoms with Crippen LogP contribution in [0.15, 0.2) is 54.6 Å². The first-order valence-electron chi connectivity index (χ1n) is 7.32. The molecule has 0 heterocycles. The third kappa shape index (κ3) is 3.45. The first kappa shape index (κ1) is 11.7. The molecule has 0 spiro atoms. The van der Waals surface area contributed by atoms with Crippen LogP contribution in [0.25, 0.3) is 0 Å². The maximum atomic E-state index is 12.1. The minimum Gasteiger partial charge on any atom is -0.454 e. The number of aliphatic hydroxyl groups is 1. The third-order valence-electron chi connectivity index (χ3n) is 2.94. The van der Waals surface area contributed by atoms with Crippen molar-refractivity contribution in [2.45, 2.75) is 26.0 Å². The lowest BCUT2D eigenvalue weighted by Crippen LogP contribution is -2.09. The van der Waals surface area contributed by atoms with E-state index in [9.17, 15) is 9.90 Å². The lowest BCUT2D eigenvalue weighted by Gasteiger charge is -2.15. The van der Waals surface area contributed by atoms with Crippen molar-refractivity contribution in [1.29, 1.82) is 0 Å². The van der Waals surface area contributed by atoms with Crippen LogP contribution < -0.4 is 0 Å². The number of carbonyl (C=O) groups excluding carboxylic acids is 1. The monoisotopic (exact) mass is 272 g/mol. The van der Waals surface area contributed by atoms with Crippen LogP contribution in [0.3, 0.4) is 0 Å². The molecule has 20 heavy (non-hydrogen) atoms. The number of carbonyl (C=O) groups is 1. The van der Waals surface area contributed by atoms with Crippen molar-refractivity contribution in [3.05, 3.63) is 71.3 Å². The maximum absolute atomic E-state index is 12.1. The summed E-state index contributed by atoms with van der Waals surface area (Å²) in [6.07, 6.45) is -3.39. The molecule has 0 aromatic heterocycles. The number of esters is 1. The van der Waals surface area contributed by atoms with E-state index in [2.05, 4.69) is 0 Å². The van der Waals surface area contributed by atoms with E-state index < -0.39 is 18.1 Å². The molecule has 3 nitrogen and oxygen atoms in total. The van der Waals surface area contributed by atoms with Gasteiger partial charge in [0.2, 0.25) is 0 Å². The molecule has 0 amide bonds. The van der Waals surface area contributed by atoms with Gasteiger partial charge in [-0.05, 0) is 43.2 Å². The highest BCUT2D eigenvalue weighted by atomic mass is 16.5. The Labute approximate surface area is 121 Å². The molecule has 0 bridgehead atoms. The Morgan fingerprint density at radius 2 is 1.75 bits per heavy atom. The average Bonchev–Trinajstić information content (AvgIpc) is 2.47. The SMILES string of the molecule is [2H][C@](C)(O)c1cccc([C@]([2H])(C)OC(=O)c2ccccc2)c1. The summed E-state index contributed by atoms with van der Waals surface area (Å²) in [7, 11) is 0. The lowest BCUT2D eigenvalue weighted by molar-refractivity contribution is 0.0337. The Kier molecular flexibility index (Phi) is 3.71. The number of hydrogen-bond acceptors (Lipinski definition) is 3. The number of benzene rings is 2. The summed E-state index contributed by atoms with van der Waals surface area (Å²) in [6.45, 7) is 2.79. The van der Waals surface area contributed by atoms with Crippen LogP contribution in [-0.4, -0.2) is 11.1 Å². The fourth-order valence-electron chi connectivity index (χ4n) is 1.79. The second-order valence-electron chi connectivity index (χ2n) is 4.48. The molecule has 2 aromatic carbocycles. The molecule has 2 aromatic rings. The summed E-state index contributed by atoms with van der Waals surface area (Å²) in [5.41, 5.74) is 1.09. The molecule has 0 saturated carbocycles. The number of ether oxygens (including phenoxy) is 1. The van der Waals surface area contributed by atoms with Gasteiger partial charge in [0.25, 0.3) is 0 Å². The molecular weight excluding hydrogens is 252 g/mol. The van der Waals surface area contributed by atoms with E-state index in [4.69, 9.17) is 7.48 Å². The quantitative estimate of drug-likeness (QED) is 0.864. The lowest BCUT2D eigenvalue weighted by atomic mass is 10.0. The van der Waals surface area contributed by atoms with Crippen LogP contribution in [-0.2, 0) is 4.74 Å². The van der Waals surface area contributed by atoms with Crippen LogP contribution >= 0.6 is 0 Å². The van der Waals surface area contributed by atoms with Crippen LogP contribution in [0, 0.1) is 0 Å². The van der Waals surface area contributed by atoms with Gasteiger partial charge in [0.05, 0.1) is 14.4 Å². The zero-order valence-corrected chi connectivity index (χ0v) is 11.5. The number of hydrogen-bond donors (Lipinski definition) is 1. The van der Waals surface area contributed by atoms with E-state index >= 15 is 0 Å². The summed E-state index contributed by atoms with van der Waals surface area (Å²) in [5.74, 6) is -0.596. The molecule has 0 fully saturated rings. The zero-order chi connectivity index (χ0) is 16.4. The molecule has 3 heteroatoms. The van der Waals surface area contributed by atoms with Gasteiger partial charge in [0, 0.05) is 0 Å². The molecule has 0 saturated heterocycles. The molecule has 0 aliphatic heterocycles. The predicted molar refractivity (Wildman–Crippen MR) is 77.3 cm³/mol. The Hall–Kier alpha value is -2.13. The minimum atomic E-state index is -1.77. The van der Waals surface area contributed by atoms with Crippen molar-refractivity contribution in [1.82, 2.24) is 0 Å². The molecular formula is C17H18O3. The number of rotatable bonds is 4. The van der Waals surface area contributed by atoms with Gasteiger partial charge >= 0.3 is 5.97 Å². The highest BCUT2D eigenvalue weighted by molar-refractivity contribution is 5.89. The first-order chi connectivity index (χ1) is 10.2. The standard InChI is InChI=1S/C17H18O3/c1-12(18)15-9-6-10-16(11-15)13(2)20-17(19)14-7-4-3-5-8-14/h3-13,18H,1-2H3/t12-,13+/m1/s1/i12D,13D. The van der Waals surface area contributed by atoms with E-state index in [0.29, 0.717) is 16.7 Å². The fourth-order valence-corrected chi connectivity index (χ4v) is 1.79. The van der Waals surface area contributed by atoms with Gasteiger partial charge in [-0.2, -0.15) is 0 Å². The molecule has 0 aliphatic carbocycles. The Morgan fingerprint density at radius 1 is 1.10 bits per heavy atom. The summed E-state index contributed by atoms with van der Waals surface area (Å²) < 4.78 is 21.2. The molecule has 1 N–H and O–H groups in total. The zero-order valence-electron chi connectivity index (χ0n) is 13.5.